The van der Waals surface area contributed by atoms with Gasteiger partial charge in [-0.25, -0.2) is 0 Å². The first-order chi connectivity index (χ1) is 13.8. The molecule has 1 saturated heterocycles. The molecule has 28 heavy (non-hydrogen) atoms. The number of carbonyl (C=O) groups excluding carboxylic acids is 1. The molecule has 2 aromatic rings. The van der Waals surface area contributed by atoms with E-state index in [9.17, 15) is 4.79 Å². The summed E-state index contributed by atoms with van der Waals surface area (Å²) in [6, 6.07) is 4.74. The standard InChI is InChI=1S/C21H30N4OS2/c26-20(24-12-6-1-2-7-13-24)16-28-21-23-22-19(15-18-11-8-14-27-18)25(21)17-9-4-3-5-10-17/h8,11,14,17H,1-7,9-10,12-13,15-16H2. The second-order valence-electron chi connectivity index (χ2n) is 7.90. The number of nitrogens with zero attached hydrogens (tertiary/aromatic N) is 4. The molecule has 2 aromatic heterocycles. The Morgan fingerprint density at radius 2 is 1.82 bits per heavy atom. The zero-order valence-electron chi connectivity index (χ0n) is 16.5. The Bertz CT molecular complexity index is 745. The normalized spacial score (nSPS) is 18.9. The van der Waals surface area contributed by atoms with Crippen molar-refractivity contribution in [3.8, 4) is 0 Å². The minimum Gasteiger partial charge on any atom is -0.342 e. The van der Waals surface area contributed by atoms with Gasteiger partial charge in [0.05, 0.1) is 5.75 Å². The van der Waals surface area contributed by atoms with Crippen molar-refractivity contribution in [2.75, 3.05) is 18.8 Å². The van der Waals surface area contributed by atoms with Crippen molar-refractivity contribution in [2.45, 2.75) is 75.4 Å². The molecule has 0 radical (unpaired) electrons. The third kappa shape index (κ3) is 4.98. The first kappa shape index (κ1) is 20.0. The minimum atomic E-state index is 0.255. The van der Waals surface area contributed by atoms with Gasteiger partial charge in [0.15, 0.2) is 5.16 Å². The molecule has 0 bridgehead atoms. The van der Waals surface area contributed by atoms with E-state index in [2.05, 4.69) is 32.3 Å². The van der Waals surface area contributed by atoms with Crippen LogP contribution in [0.25, 0.3) is 0 Å². The van der Waals surface area contributed by atoms with E-state index in [4.69, 9.17) is 0 Å². The summed E-state index contributed by atoms with van der Waals surface area (Å²) in [5.41, 5.74) is 0. The zero-order chi connectivity index (χ0) is 19.2. The van der Waals surface area contributed by atoms with E-state index < -0.39 is 0 Å². The van der Waals surface area contributed by atoms with Gasteiger partial charge in [0.2, 0.25) is 5.91 Å². The van der Waals surface area contributed by atoms with Crippen LogP contribution in [0.2, 0.25) is 0 Å². The molecule has 0 unspecified atom stereocenters. The van der Waals surface area contributed by atoms with E-state index >= 15 is 0 Å². The van der Waals surface area contributed by atoms with E-state index in [1.807, 2.05) is 4.90 Å². The highest BCUT2D eigenvalue weighted by atomic mass is 32.2. The molecule has 4 rings (SSSR count). The summed E-state index contributed by atoms with van der Waals surface area (Å²) in [6.45, 7) is 1.83. The fourth-order valence-corrected chi connectivity index (χ4v) is 5.97. The number of likely N-dealkylation sites (tertiary alicyclic amines) is 1. The molecule has 152 valence electrons. The number of hydrogen-bond acceptors (Lipinski definition) is 5. The molecule has 1 aliphatic heterocycles. The van der Waals surface area contributed by atoms with Crippen LogP contribution >= 0.6 is 23.1 Å². The molecular weight excluding hydrogens is 388 g/mol. The Morgan fingerprint density at radius 3 is 2.54 bits per heavy atom. The maximum absolute atomic E-state index is 12.7. The molecule has 5 nitrogen and oxygen atoms in total. The number of thiophene rings is 1. The average Bonchev–Trinajstić information content (AvgIpc) is 3.29. The largest absolute Gasteiger partial charge is 0.342 e. The van der Waals surface area contributed by atoms with Crippen molar-refractivity contribution < 1.29 is 4.79 Å². The average molecular weight is 419 g/mol. The van der Waals surface area contributed by atoms with Crippen molar-refractivity contribution >= 4 is 29.0 Å². The van der Waals surface area contributed by atoms with Crippen molar-refractivity contribution in [3.63, 3.8) is 0 Å². The molecule has 2 aliphatic rings. The van der Waals surface area contributed by atoms with Gasteiger partial charge < -0.3 is 9.47 Å². The lowest BCUT2D eigenvalue weighted by atomic mass is 9.95. The van der Waals surface area contributed by atoms with Crippen LogP contribution in [-0.2, 0) is 11.2 Å². The highest BCUT2D eigenvalue weighted by molar-refractivity contribution is 7.99. The number of rotatable bonds is 6. The Morgan fingerprint density at radius 1 is 1.07 bits per heavy atom. The van der Waals surface area contributed by atoms with Crippen LogP contribution in [0.4, 0.5) is 0 Å². The van der Waals surface area contributed by atoms with E-state index in [1.54, 1.807) is 23.1 Å². The third-order valence-corrected chi connectivity index (χ3v) is 7.68. The Balaban J connectivity index is 1.47. The zero-order valence-corrected chi connectivity index (χ0v) is 18.1. The topological polar surface area (TPSA) is 51.0 Å². The van der Waals surface area contributed by atoms with Crippen LogP contribution in [-0.4, -0.2) is 44.4 Å². The fourth-order valence-electron chi connectivity index (χ4n) is 4.34. The Hall–Kier alpha value is -1.34. The van der Waals surface area contributed by atoms with E-state index in [-0.39, 0.29) is 5.91 Å². The van der Waals surface area contributed by atoms with Crippen molar-refractivity contribution in [1.82, 2.24) is 19.7 Å². The van der Waals surface area contributed by atoms with E-state index in [0.29, 0.717) is 11.8 Å². The molecule has 1 aliphatic carbocycles. The van der Waals surface area contributed by atoms with Crippen LogP contribution in [0.15, 0.2) is 22.7 Å². The van der Waals surface area contributed by atoms with Crippen LogP contribution in [0, 0.1) is 0 Å². The maximum atomic E-state index is 12.7. The highest BCUT2D eigenvalue weighted by Gasteiger charge is 2.24. The summed E-state index contributed by atoms with van der Waals surface area (Å²) < 4.78 is 2.36. The number of amides is 1. The molecule has 0 aromatic carbocycles. The first-order valence-electron chi connectivity index (χ1n) is 10.7. The van der Waals surface area contributed by atoms with Crippen LogP contribution in [0.3, 0.4) is 0 Å². The lowest BCUT2D eigenvalue weighted by molar-refractivity contribution is -0.128. The molecule has 0 atom stereocenters. The SMILES string of the molecule is O=C(CSc1nnc(Cc2cccs2)n1C1CCCCC1)N1CCCCCC1. The predicted octanol–water partition coefficient (Wildman–Crippen LogP) is 4.93. The summed E-state index contributed by atoms with van der Waals surface area (Å²) in [5.74, 6) is 1.79. The molecule has 0 N–H and O–H groups in total. The van der Waals surface area contributed by atoms with Crippen LogP contribution in [0.5, 0.6) is 0 Å². The van der Waals surface area contributed by atoms with Gasteiger partial charge in [-0.05, 0) is 37.1 Å². The van der Waals surface area contributed by atoms with Crippen molar-refractivity contribution in [3.05, 3.63) is 28.2 Å². The maximum Gasteiger partial charge on any atom is 0.233 e. The number of hydrogen-bond donors (Lipinski definition) is 0. The molecular formula is C21H30N4OS2. The summed E-state index contributed by atoms with van der Waals surface area (Å²) in [5, 5.41) is 12.1. The van der Waals surface area contributed by atoms with E-state index in [0.717, 1.165) is 43.3 Å². The highest BCUT2D eigenvalue weighted by Crippen LogP contribution is 2.33. The quantitative estimate of drug-likeness (QED) is 0.624. The van der Waals surface area contributed by atoms with Gasteiger partial charge in [-0.15, -0.1) is 21.5 Å². The van der Waals surface area contributed by atoms with Crippen molar-refractivity contribution in [2.24, 2.45) is 0 Å². The van der Waals surface area contributed by atoms with Gasteiger partial charge in [-0.1, -0.05) is 49.9 Å². The van der Waals surface area contributed by atoms with E-state index in [1.165, 1.54) is 49.8 Å². The molecule has 1 amide bonds. The predicted molar refractivity (Wildman–Crippen MR) is 115 cm³/mol. The van der Waals surface area contributed by atoms with Gasteiger partial charge in [-0.3, -0.25) is 4.79 Å². The van der Waals surface area contributed by atoms with Gasteiger partial charge >= 0.3 is 0 Å². The van der Waals surface area contributed by atoms with Gasteiger partial charge in [0.25, 0.3) is 0 Å². The molecule has 3 heterocycles. The number of thioether (sulfide) groups is 1. The van der Waals surface area contributed by atoms with Crippen LogP contribution < -0.4 is 0 Å². The van der Waals surface area contributed by atoms with Gasteiger partial charge in [-0.2, -0.15) is 0 Å². The number of carbonyl (C=O) groups is 1. The van der Waals surface area contributed by atoms with Gasteiger partial charge in [0, 0.05) is 30.4 Å². The summed E-state index contributed by atoms with van der Waals surface area (Å²) in [4.78, 5) is 16.1. The van der Waals surface area contributed by atoms with Crippen LogP contribution in [0.1, 0.15) is 74.5 Å². The van der Waals surface area contributed by atoms with Gasteiger partial charge in [0.1, 0.15) is 5.82 Å². The Kier molecular flexibility index (Phi) is 7.07. The summed E-state index contributed by atoms with van der Waals surface area (Å²) >= 11 is 3.36. The molecule has 0 spiro atoms. The third-order valence-electron chi connectivity index (χ3n) is 5.87. The molecule has 1 saturated carbocycles. The lowest BCUT2D eigenvalue weighted by Gasteiger charge is -2.26. The smallest absolute Gasteiger partial charge is 0.233 e. The van der Waals surface area contributed by atoms with Crippen molar-refractivity contribution in [1.29, 1.82) is 0 Å². The molecule has 2 fully saturated rings. The summed E-state index contributed by atoms with van der Waals surface area (Å²) in [7, 11) is 0. The fraction of sp³-hybridized carbons (Fsp3) is 0.667. The summed E-state index contributed by atoms with van der Waals surface area (Å²) in [6.07, 6.45) is 11.9. The Labute approximate surface area is 175 Å². The monoisotopic (exact) mass is 418 g/mol. The second kappa shape index (κ2) is 9.92. The minimum absolute atomic E-state index is 0.255. The lowest BCUT2D eigenvalue weighted by Crippen LogP contribution is -2.33. The second-order valence-corrected chi connectivity index (χ2v) is 9.88. The number of aromatic nitrogens is 3. The first-order valence-corrected chi connectivity index (χ1v) is 12.5. The molecule has 7 heteroatoms.